The Balaban J connectivity index is 0.941. The molecule has 0 aliphatic carbocycles. The average Bonchev–Trinajstić information content (AvgIpc) is 1.53. The van der Waals surface area contributed by atoms with E-state index in [1.807, 2.05) is 31.2 Å². The molecule has 0 unspecified atom stereocenters. The SMILES string of the molecule is CCCOCCOCCN(C(=O)CCC(=O)N[C@H](C(=O)N[C@@H](C)C(=O)Nc1ccc(COC(=O)N(CCc2c3c(nc4ccccc24)-c2cc4c(c(=O)n2C3)COC(=O)[C@]4(O)CC)C(C)C)cc1O[C@@H]1O[C@H](C(=O)O)[C@@H](O)[C@H](O)[C@H]1O)C(C)C)C1CCNCC1. The molecular weight excluding hydrogens is 1170 g/mol. The number of ether oxygens (including phenoxy) is 6. The lowest BCUT2D eigenvalue weighted by Crippen LogP contribution is -2.61. The second-order valence-electron chi connectivity index (χ2n) is 23.6. The highest BCUT2D eigenvalue weighted by Crippen LogP contribution is 2.41. The molecule has 90 heavy (non-hydrogen) atoms. The molecule has 2 saturated heterocycles. The molecule has 4 aliphatic heterocycles. The summed E-state index contributed by atoms with van der Waals surface area (Å²) < 4.78 is 35.3. The molecule has 27 heteroatoms. The van der Waals surface area contributed by atoms with Gasteiger partial charge in [0.05, 0.1) is 54.5 Å². The maximum Gasteiger partial charge on any atom is 0.410 e. The van der Waals surface area contributed by atoms with Crippen molar-refractivity contribution in [1.29, 1.82) is 0 Å². The molecule has 2 aromatic heterocycles. The summed E-state index contributed by atoms with van der Waals surface area (Å²) in [5.41, 5.74) is 1.11. The molecule has 0 radical (unpaired) electrons. The zero-order chi connectivity index (χ0) is 65.1. The number of para-hydroxylation sites is 1. The summed E-state index contributed by atoms with van der Waals surface area (Å²) in [5, 5.41) is 65.3. The number of carboxylic acid groups (broad SMARTS) is 1. The first-order chi connectivity index (χ1) is 43.0. The van der Waals surface area contributed by atoms with Gasteiger partial charge in [-0.3, -0.25) is 24.0 Å². The van der Waals surface area contributed by atoms with E-state index in [2.05, 4.69) is 21.3 Å². The fourth-order valence-electron chi connectivity index (χ4n) is 11.6. The highest BCUT2D eigenvalue weighted by atomic mass is 16.7. The van der Waals surface area contributed by atoms with Crippen molar-refractivity contribution in [3.63, 3.8) is 0 Å². The Kier molecular flexibility index (Phi) is 23.1. The molecule has 8 rings (SSSR count). The fourth-order valence-corrected chi connectivity index (χ4v) is 11.6. The van der Waals surface area contributed by atoms with Crippen LogP contribution in [0, 0.1) is 5.92 Å². The van der Waals surface area contributed by atoms with Gasteiger partial charge in [0.25, 0.3) is 5.56 Å². The Labute approximate surface area is 520 Å². The zero-order valence-corrected chi connectivity index (χ0v) is 51.9. The number of fused-ring (bicyclic) bond motifs is 5. The summed E-state index contributed by atoms with van der Waals surface area (Å²) in [4.78, 5) is 116. The van der Waals surface area contributed by atoms with Crippen LogP contribution in [0.5, 0.6) is 5.75 Å². The lowest BCUT2D eigenvalue weighted by molar-refractivity contribution is -0.271. The van der Waals surface area contributed by atoms with Crippen LogP contribution < -0.4 is 31.6 Å². The van der Waals surface area contributed by atoms with Gasteiger partial charge in [0.1, 0.15) is 49.4 Å². The molecule has 27 nitrogen and oxygen atoms in total. The van der Waals surface area contributed by atoms with Crippen molar-refractivity contribution in [1.82, 2.24) is 35.3 Å². The van der Waals surface area contributed by atoms with Gasteiger partial charge in [-0.2, -0.15) is 0 Å². The van der Waals surface area contributed by atoms with Crippen LogP contribution in [-0.4, -0.2) is 194 Å². The number of benzene rings is 2. The minimum atomic E-state index is -2.06. The van der Waals surface area contributed by atoms with E-state index in [4.69, 9.17) is 33.4 Å². The van der Waals surface area contributed by atoms with Crippen molar-refractivity contribution in [3.8, 4) is 17.1 Å². The predicted molar refractivity (Wildman–Crippen MR) is 323 cm³/mol. The van der Waals surface area contributed by atoms with Crippen LogP contribution in [0.25, 0.3) is 22.3 Å². The van der Waals surface area contributed by atoms with E-state index in [0.29, 0.717) is 49.9 Å². The lowest BCUT2D eigenvalue weighted by Gasteiger charge is -2.38. The molecular formula is C63H84N8O19. The van der Waals surface area contributed by atoms with Gasteiger partial charge in [-0.05, 0) is 107 Å². The molecule has 0 bridgehead atoms. The van der Waals surface area contributed by atoms with Crippen LogP contribution in [-0.2, 0) is 84.2 Å². The first kappa shape index (κ1) is 68.3. The summed E-state index contributed by atoms with van der Waals surface area (Å²) in [6.45, 7) is 15.2. The third-order valence-corrected chi connectivity index (χ3v) is 16.7. The van der Waals surface area contributed by atoms with Gasteiger partial charge < -0.3 is 89.6 Å². The Bertz CT molecular complexity index is 3330. The number of aliphatic hydroxyl groups is 4. The molecule has 0 spiro atoms. The molecule has 8 atom stereocenters. The number of carboxylic acids is 1. The third-order valence-electron chi connectivity index (χ3n) is 16.7. The number of nitrogens with zero attached hydrogens (tertiary/aromatic N) is 4. The number of amides is 5. The first-order valence-corrected chi connectivity index (χ1v) is 30.8. The number of aliphatic carboxylic acids is 1. The maximum absolute atomic E-state index is 14.2. The van der Waals surface area contributed by atoms with E-state index in [0.717, 1.165) is 48.9 Å². The fraction of sp³-hybridized carbons (Fsp3) is 0.571. The van der Waals surface area contributed by atoms with Gasteiger partial charge in [0.15, 0.2) is 11.7 Å². The molecule has 2 aromatic carbocycles. The van der Waals surface area contributed by atoms with Crippen LogP contribution in [0.2, 0.25) is 0 Å². The lowest BCUT2D eigenvalue weighted by atomic mass is 9.86. The van der Waals surface area contributed by atoms with Gasteiger partial charge in [-0.25, -0.2) is 19.4 Å². The number of nitrogens with one attached hydrogen (secondary N) is 4. The number of hydrogen-bond acceptors (Lipinski definition) is 20. The Hall–Kier alpha value is -7.63. The maximum atomic E-state index is 14.2. The smallest absolute Gasteiger partial charge is 0.410 e. The second kappa shape index (κ2) is 30.5. The van der Waals surface area contributed by atoms with Crippen LogP contribution in [0.3, 0.4) is 0 Å². The molecule has 4 aromatic rings. The van der Waals surface area contributed by atoms with Gasteiger partial charge in [0.2, 0.25) is 29.9 Å². The number of cyclic esters (lactones) is 1. The van der Waals surface area contributed by atoms with Gasteiger partial charge in [-0.15, -0.1) is 0 Å². The summed E-state index contributed by atoms with van der Waals surface area (Å²) in [6.07, 6.45) is -8.56. The van der Waals surface area contributed by atoms with E-state index in [1.165, 1.54) is 30.0 Å². The van der Waals surface area contributed by atoms with Crippen LogP contribution >= 0.6 is 0 Å². The van der Waals surface area contributed by atoms with E-state index in [-0.39, 0.29) is 85.5 Å². The normalized spacial score (nSPS) is 21.1. The summed E-state index contributed by atoms with van der Waals surface area (Å²) >= 11 is 0. The standard InChI is InChI=1S/C63H84N8O19/c1-8-25-85-27-28-86-26-24-70(38-18-21-64-22-19-38)49(73)17-16-48(72)68-50(34(3)4)57(78)65-36(7)56(77)67-45-15-14-37(29-47(45)89-60-54(76)52(74)53(75)55(90-60)59(80)81)32-88-62(83)69(35(5)6)23-20-39-40-12-10-11-13-44(40)66-51-41(39)31-71-46(51)30-43-42(58(71)79)33-87-61(82)63(43,84)9-2/h10-15,29-30,34-36,38,50,52-55,60,64,74-76,84H,8-9,16-28,31-33H2,1-7H3,(H,65,78)(H,67,77)(H,68,72)(H,80,81)/t36-,50-,52-,53-,54+,55-,60+,63-/m0/s1. The highest BCUT2D eigenvalue weighted by Gasteiger charge is 2.49. The van der Waals surface area contributed by atoms with Crippen molar-refractivity contribution in [2.75, 3.05) is 57.9 Å². The quantitative estimate of drug-likeness (QED) is 0.0256. The number of aromatic nitrogens is 2. The monoisotopic (exact) mass is 1260 g/mol. The van der Waals surface area contributed by atoms with Crippen molar-refractivity contribution in [3.05, 3.63) is 86.7 Å². The van der Waals surface area contributed by atoms with Crippen molar-refractivity contribution in [2.45, 2.75) is 174 Å². The van der Waals surface area contributed by atoms with Crippen LogP contribution in [0.4, 0.5) is 10.5 Å². The Morgan fingerprint density at radius 3 is 2.27 bits per heavy atom. The van der Waals surface area contributed by atoms with Crippen molar-refractivity contribution < 1.29 is 87.5 Å². The molecule has 6 heterocycles. The number of piperidine rings is 1. The van der Waals surface area contributed by atoms with E-state index in [9.17, 15) is 63.9 Å². The molecule has 2 fully saturated rings. The number of carbonyl (C=O) groups excluding carboxylic acids is 6. The number of carbonyl (C=O) groups is 7. The number of aliphatic hydroxyl groups excluding tert-OH is 3. The van der Waals surface area contributed by atoms with Gasteiger partial charge in [-0.1, -0.05) is 52.0 Å². The van der Waals surface area contributed by atoms with E-state index >= 15 is 0 Å². The van der Waals surface area contributed by atoms with Gasteiger partial charge >= 0.3 is 18.0 Å². The first-order valence-electron chi connectivity index (χ1n) is 30.8. The Morgan fingerprint density at radius 2 is 1.58 bits per heavy atom. The average molecular weight is 1260 g/mol. The minimum Gasteiger partial charge on any atom is -0.479 e. The Morgan fingerprint density at radius 1 is 0.856 bits per heavy atom. The minimum absolute atomic E-state index is 0.0243. The zero-order valence-electron chi connectivity index (χ0n) is 51.9. The topological polar surface area (TPSA) is 366 Å². The third kappa shape index (κ3) is 15.6. The second-order valence-corrected chi connectivity index (χ2v) is 23.6. The molecule has 9 N–H and O–H groups in total. The predicted octanol–water partition coefficient (Wildman–Crippen LogP) is 2.33. The van der Waals surface area contributed by atoms with Crippen LogP contribution in [0.15, 0.2) is 53.3 Å². The molecule has 5 amide bonds. The molecule has 0 saturated carbocycles. The van der Waals surface area contributed by atoms with Crippen molar-refractivity contribution in [2.24, 2.45) is 5.92 Å². The van der Waals surface area contributed by atoms with Crippen LogP contribution in [0.1, 0.15) is 115 Å². The molecule has 4 aliphatic rings. The van der Waals surface area contributed by atoms with E-state index < -0.39 is 108 Å². The summed E-state index contributed by atoms with van der Waals surface area (Å²) in [6, 6.07) is 10.3. The van der Waals surface area contributed by atoms with Gasteiger partial charge in [0, 0.05) is 61.1 Å². The summed E-state index contributed by atoms with van der Waals surface area (Å²) in [5.74, 6) is -5.57. The van der Waals surface area contributed by atoms with E-state index in [1.54, 1.807) is 50.2 Å². The number of anilines is 1. The largest absolute Gasteiger partial charge is 0.479 e. The number of pyridine rings is 2. The highest BCUT2D eigenvalue weighted by molar-refractivity contribution is 5.99. The number of hydrogen-bond donors (Lipinski definition) is 9. The number of esters is 1. The van der Waals surface area contributed by atoms with Crippen molar-refractivity contribution >= 4 is 58.3 Å². The number of rotatable bonds is 28. The summed E-state index contributed by atoms with van der Waals surface area (Å²) in [7, 11) is 0. The molecule has 490 valence electrons.